The predicted octanol–water partition coefficient (Wildman–Crippen LogP) is 4.00. The number of amides is 1. The number of piperidine rings is 1. The molecular weight excluding hydrogens is 416 g/mol. The molecular formula is C25H32N6O2. The molecule has 1 amide bonds. The minimum absolute atomic E-state index is 0.00851. The first-order valence-corrected chi connectivity index (χ1v) is 11.3. The van der Waals surface area contributed by atoms with Gasteiger partial charge in [-0.15, -0.1) is 0 Å². The Bertz CT molecular complexity index is 1110. The molecule has 8 nitrogen and oxygen atoms in total. The molecule has 8 heteroatoms. The molecule has 1 unspecified atom stereocenters. The summed E-state index contributed by atoms with van der Waals surface area (Å²) in [6.07, 6.45) is 3.80. The molecule has 0 saturated carbocycles. The third-order valence-electron chi connectivity index (χ3n) is 6.15. The van der Waals surface area contributed by atoms with Gasteiger partial charge in [-0.05, 0) is 69.6 Å². The van der Waals surface area contributed by atoms with Crippen molar-refractivity contribution in [3.8, 4) is 5.75 Å². The molecule has 0 spiro atoms. The average molecular weight is 449 g/mol. The molecule has 1 saturated heterocycles. The van der Waals surface area contributed by atoms with E-state index in [1.165, 1.54) is 0 Å². The van der Waals surface area contributed by atoms with Gasteiger partial charge in [-0.3, -0.25) is 19.4 Å². The highest BCUT2D eigenvalue weighted by Crippen LogP contribution is 2.29. The van der Waals surface area contributed by atoms with E-state index in [0.717, 1.165) is 65.8 Å². The van der Waals surface area contributed by atoms with Crippen molar-refractivity contribution in [2.24, 2.45) is 7.05 Å². The highest BCUT2D eigenvalue weighted by atomic mass is 16.5. The average Bonchev–Trinajstić information content (AvgIpc) is 3.11. The molecule has 0 bridgehead atoms. The Kier molecular flexibility index (Phi) is 6.93. The number of carbonyl (C=O) groups excluding carboxylic acids is 1. The summed E-state index contributed by atoms with van der Waals surface area (Å²) in [6, 6.07) is 12.1. The molecule has 33 heavy (non-hydrogen) atoms. The van der Waals surface area contributed by atoms with Gasteiger partial charge < -0.3 is 15.4 Å². The molecule has 1 fully saturated rings. The Morgan fingerprint density at radius 2 is 1.97 bits per heavy atom. The quantitative estimate of drug-likeness (QED) is 0.568. The molecule has 0 aliphatic carbocycles. The number of rotatable bonds is 7. The second-order valence-corrected chi connectivity index (χ2v) is 8.67. The number of nitrogens with one attached hydrogen (secondary N) is 2. The van der Waals surface area contributed by atoms with Gasteiger partial charge in [-0.2, -0.15) is 5.10 Å². The van der Waals surface area contributed by atoms with Crippen LogP contribution in [0.3, 0.4) is 0 Å². The number of ether oxygens (including phenoxy) is 1. The lowest BCUT2D eigenvalue weighted by Gasteiger charge is -2.32. The van der Waals surface area contributed by atoms with Gasteiger partial charge in [0.05, 0.1) is 31.2 Å². The van der Waals surface area contributed by atoms with Gasteiger partial charge >= 0.3 is 0 Å². The van der Waals surface area contributed by atoms with Crippen molar-refractivity contribution in [2.45, 2.75) is 32.6 Å². The smallest absolute Gasteiger partial charge is 0.238 e. The van der Waals surface area contributed by atoms with Crippen LogP contribution < -0.4 is 15.4 Å². The summed E-state index contributed by atoms with van der Waals surface area (Å²) in [5.74, 6) is 1.12. The van der Waals surface area contributed by atoms with Crippen molar-refractivity contribution in [1.29, 1.82) is 0 Å². The topological polar surface area (TPSA) is 84.3 Å². The Morgan fingerprint density at radius 3 is 2.67 bits per heavy atom. The third-order valence-corrected chi connectivity index (χ3v) is 6.15. The summed E-state index contributed by atoms with van der Waals surface area (Å²) >= 11 is 0. The van der Waals surface area contributed by atoms with Crippen LogP contribution in [0.15, 0.2) is 42.6 Å². The standard InChI is InChI=1S/C25H32N6O2/c1-17-12-21(28-20-7-9-22(33-4)10-8-20)13-23(27-17)19-6-5-11-31(15-19)16-25(32)29-24-14-26-30(3)18(24)2/h7-10,12-14,19H,5-6,11,15-16H2,1-4H3,(H,27,28)(H,29,32). The lowest BCUT2D eigenvalue weighted by molar-refractivity contribution is -0.117. The zero-order valence-electron chi connectivity index (χ0n) is 19.8. The zero-order valence-corrected chi connectivity index (χ0v) is 19.8. The monoisotopic (exact) mass is 448 g/mol. The van der Waals surface area contributed by atoms with E-state index in [-0.39, 0.29) is 5.91 Å². The summed E-state index contributed by atoms with van der Waals surface area (Å²) < 4.78 is 7.00. The largest absolute Gasteiger partial charge is 0.497 e. The predicted molar refractivity (Wildman–Crippen MR) is 130 cm³/mol. The molecule has 2 aromatic heterocycles. The van der Waals surface area contributed by atoms with E-state index in [1.807, 2.05) is 45.2 Å². The first kappa shape index (κ1) is 22.8. The van der Waals surface area contributed by atoms with Crippen molar-refractivity contribution < 1.29 is 9.53 Å². The number of likely N-dealkylation sites (tertiary alicyclic amines) is 1. The molecule has 3 aromatic rings. The van der Waals surface area contributed by atoms with Crippen molar-refractivity contribution in [3.05, 3.63) is 59.7 Å². The number of anilines is 3. The Balaban J connectivity index is 1.40. The molecule has 1 aromatic carbocycles. The van der Waals surface area contributed by atoms with E-state index in [2.05, 4.69) is 32.8 Å². The van der Waals surface area contributed by atoms with Gasteiger partial charge in [0.2, 0.25) is 5.91 Å². The van der Waals surface area contributed by atoms with Crippen LogP contribution in [-0.4, -0.2) is 52.3 Å². The van der Waals surface area contributed by atoms with Crippen LogP contribution in [0.4, 0.5) is 17.1 Å². The Hall–Kier alpha value is -3.39. The Labute approximate surface area is 195 Å². The minimum Gasteiger partial charge on any atom is -0.497 e. The second kappa shape index (κ2) is 10.0. The third kappa shape index (κ3) is 5.70. The summed E-state index contributed by atoms with van der Waals surface area (Å²) in [6.45, 7) is 6.07. The highest BCUT2D eigenvalue weighted by molar-refractivity contribution is 5.92. The van der Waals surface area contributed by atoms with Gasteiger partial charge in [0.1, 0.15) is 5.75 Å². The van der Waals surface area contributed by atoms with E-state index in [1.54, 1.807) is 18.0 Å². The lowest BCUT2D eigenvalue weighted by atomic mass is 9.93. The highest BCUT2D eigenvalue weighted by Gasteiger charge is 2.24. The minimum atomic E-state index is -0.00851. The molecule has 2 N–H and O–H groups in total. The number of methoxy groups -OCH3 is 1. The maximum absolute atomic E-state index is 12.6. The van der Waals surface area contributed by atoms with Gasteiger partial charge in [-0.1, -0.05) is 0 Å². The van der Waals surface area contributed by atoms with E-state index in [4.69, 9.17) is 9.72 Å². The lowest BCUT2D eigenvalue weighted by Crippen LogP contribution is -2.40. The van der Waals surface area contributed by atoms with Gasteiger partial charge in [-0.25, -0.2) is 0 Å². The van der Waals surface area contributed by atoms with E-state index in [0.29, 0.717) is 12.5 Å². The maximum Gasteiger partial charge on any atom is 0.238 e. The molecule has 3 heterocycles. The van der Waals surface area contributed by atoms with Gasteiger partial charge in [0.15, 0.2) is 0 Å². The van der Waals surface area contributed by atoms with E-state index >= 15 is 0 Å². The number of nitrogens with zero attached hydrogens (tertiary/aromatic N) is 4. The molecule has 1 atom stereocenters. The fourth-order valence-corrected chi connectivity index (χ4v) is 4.27. The molecule has 1 aliphatic heterocycles. The SMILES string of the molecule is COc1ccc(Nc2cc(C)nc(C3CCCN(CC(=O)Nc4cnn(C)c4C)C3)c2)cc1. The molecule has 4 rings (SSSR count). The second-order valence-electron chi connectivity index (χ2n) is 8.67. The summed E-state index contributed by atoms with van der Waals surface area (Å²) in [5.41, 5.74) is 5.78. The normalized spacial score (nSPS) is 16.4. The number of hydrogen-bond acceptors (Lipinski definition) is 6. The van der Waals surface area contributed by atoms with Crippen LogP contribution in [0.1, 0.15) is 35.8 Å². The van der Waals surface area contributed by atoms with Gasteiger partial charge in [0.25, 0.3) is 0 Å². The Morgan fingerprint density at radius 1 is 1.18 bits per heavy atom. The number of hydrogen-bond donors (Lipinski definition) is 2. The van der Waals surface area contributed by atoms with E-state index in [9.17, 15) is 4.79 Å². The molecule has 174 valence electrons. The number of carbonyl (C=O) groups is 1. The van der Waals surface area contributed by atoms with Crippen molar-refractivity contribution >= 4 is 23.0 Å². The van der Waals surface area contributed by atoms with Crippen molar-refractivity contribution in [1.82, 2.24) is 19.7 Å². The summed E-state index contributed by atoms with van der Waals surface area (Å²) in [7, 11) is 3.53. The van der Waals surface area contributed by atoms with Crippen molar-refractivity contribution in [2.75, 3.05) is 37.4 Å². The first-order chi connectivity index (χ1) is 15.9. The van der Waals surface area contributed by atoms with Crippen LogP contribution in [0.25, 0.3) is 0 Å². The summed E-state index contributed by atoms with van der Waals surface area (Å²) in [4.78, 5) is 19.7. The van der Waals surface area contributed by atoms with E-state index < -0.39 is 0 Å². The van der Waals surface area contributed by atoms with Crippen LogP contribution in [0, 0.1) is 13.8 Å². The van der Waals surface area contributed by atoms with Crippen LogP contribution in [-0.2, 0) is 11.8 Å². The fraction of sp³-hybridized carbons (Fsp3) is 0.400. The maximum atomic E-state index is 12.6. The van der Waals surface area contributed by atoms with Crippen LogP contribution in [0.5, 0.6) is 5.75 Å². The van der Waals surface area contributed by atoms with Crippen LogP contribution >= 0.6 is 0 Å². The number of pyridine rings is 1. The van der Waals surface area contributed by atoms with Gasteiger partial charge in [0, 0.05) is 42.3 Å². The van der Waals surface area contributed by atoms with Crippen molar-refractivity contribution in [3.63, 3.8) is 0 Å². The summed E-state index contributed by atoms with van der Waals surface area (Å²) in [5, 5.41) is 10.7. The molecule has 1 aliphatic rings. The molecule has 0 radical (unpaired) electrons. The first-order valence-electron chi connectivity index (χ1n) is 11.3. The number of aromatic nitrogens is 3. The number of benzene rings is 1. The zero-order chi connectivity index (χ0) is 23.4. The number of aryl methyl sites for hydroxylation is 2. The fourth-order valence-electron chi connectivity index (χ4n) is 4.27. The van der Waals surface area contributed by atoms with Crippen LogP contribution in [0.2, 0.25) is 0 Å².